The molecular formula is C34H42N10O4. The van der Waals surface area contributed by atoms with E-state index in [2.05, 4.69) is 42.6 Å². The lowest BCUT2D eigenvalue weighted by Gasteiger charge is -2.42. The molecule has 1 N–H and O–H groups in total. The number of piperazine rings is 2. The standard InChI is InChI=1S/C34H42N10O4/c1-24-21-43(28-7-6-25(20-35)31-27(28)4-2-9-36-31)23-26(48-24)22-39-12-14-40(15-13-39)30-8-10-37-33(38-30)42-18-16-41(17-19-42)32(45)29-5-3-11-44(29)34(46)47/h2,4,6-10,24,26,29H,3,5,11-19,21-23H2,1H3,(H,46,47)/t24-,26+,29-/m1/s1. The van der Waals surface area contributed by atoms with Gasteiger partial charge < -0.3 is 29.4 Å². The molecule has 4 saturated heterocycles. The van der Waals surface area contributed by atoms with Crippen LogP contribution < -0.4 is 14.7 Å². The molecule has 0 radical (unpaired) electrons. The van der Waals surface area contributed by atoms with Gasteiger partial charge in [0, 0.05) is 102 Å². The molecular weight excluding hydrogens is 612 g/mol. The number of nitrogens with zero attached hydrogens (tertiary/aromatic N) is 10. The molecule has 2 aromatic heterocycles. The third-order valence-corrected chi connectivity index (χ3v) is 9.98. The van der Waals surface area contributed by atoms with Gasteiger partial charge in [0.15, 0.2) is 0 Å². The molecule has 14 nitrogen and oxygen atoms in total. The van der Waals surface area contributed by atoms with Crippen LogP contribution in [0.25, 0.3) is 10.9 Å². The fourth-order valence-corrected chi connectivity index (χ4v) is 7.57. The van der Waals surface area contributed by atoms with Crippen molar-refractivity contribution >= 4 is 40.4 Å². The highest BCUT2D eigenvalue weighted by atomic mass is 16.5. The first-order valence-electron chi connectivity index (χ1n) is 16.9. The van der Waals surface area contributed by atoms with Crippen molar-refractivity contribution in [3.63, 3.8) is 0 Å². The lowest BCUT2D eigenvalue weighted by Crippen LogP contribution is -2.55. The number of rotatable bonds is 6. The number of ether oxygens (including phenoxy) is 1. The van der Waals surface area contributed by atoms with E-state index < -0.39 is 12.1 Å². The maximum atomic E-state index is 13.1. The van der Waals surface area contributed by atoms with Crippen LogP contribution in [0.4, 0.5) is 22.2 Å². The Labute approximate surface area is 280 Å². The van der Waals surface area contributed by atoms with Crippen LogP contribution in [-0.2, 0) is 9.53 Å². The number of carbonyl (C=O) groups is 2. The minimum atomic E-state index is -1.02. The van der Waals surface area contributed by atoms with Gasteiger partial charge in [0.25, 0.3) is 0 Å². The number of morpholine rings is 1. The maximum Gasteiger partial charge on any atom is 0.407 e. The molecule has 0 spiro atoms. The largest absolute Gasteiger partial charge is 0.465 e. The Morgan fingerprint density at radius 2 is 1.73 bits per heavy atom. The average Bonchev–Trinajstić information content (AvgIpc) is 3.62. The van der Waals surface area contributed by atoms with Gasteiger partial charge in [-0.3, -0.25) is 19.6 Å². The maximum absolute atomic E-state index is 13.1. The third kappa shape index (κ3) is 6.52. The number of fused-ring (bicyclic) bond motifs is 1. The van der Waals surface area contributed by atoms with Gasteiger partial charge in [0.1, 0.15) is 17.9 Å². The number of nitriles is 1. The summed E-state index contributed by atoms with van der Waals surface area (Å²) < 4.78 is 6.41. The van der Waals surface area contributed by atoms with Crippen LogP contribution >= 0.6 is 0 Å². The summed E-state index contributed by atoms with van der Waals surface area (Å²) in [7, 11) is 0. The van der Waals surface area contributed by atoms with Crippen LogP contribution in [0.3, 0.4) is 0 Å². The summed E-state index contributed by atoms with van der Waals surface area (Å²) in [5.41, 5.74) is 2.42. The molecule has 4 aliphatic rings. The number of aromatic nitrogens is 3. The normalized spacial score (nSPS) is 23.8. The number of pyridine rings is 1. The molecule has 3 atom stereocenters. The average molecular weight is 655 g/mol. The second kappa shape index (κ2) is 13.8. The molecule has 0 bridgehead atoms. The SMILES string of the molecule is C[C@@H]1CN(c2ccc(C#N)c3ncccc23)C[C@H](CN2CCN(c3ccnc(N4CCN(C(=O)[C@H]5CCCN5C(=O)O)CC4)n3)CC2)O1. The van der Waals surface area contributed by atoms with Crippen molar-refractivity contribution in [1.82, 2.24) is 29.7 Å². The number of likely N-dealkylation sites (tertiary alicyclic amines) is 1. The fourth-order valence-electron chi connectivity index (χ4n) is 7.57. The summed E-state index contributed by atoms with van der Waals surface area (Å²) in [4.78, 5) is 50.9. The van der Waals surface area contributed by atoms with Crippen molar-refractivity contribution in [2.24, 2.45) is 0 Å². The number of anilines is 3. The Hall–Kier alpha value is -4.74. The highest BCUT2D eigenvalue weighted by Crippen LogP contribution is 2.31. The minimum Gasteiger partial charge on any atom is -0.465 e. The van der Waals surface area contributed by atoms with Crippen molar-refractivity contribution in [2.75, 3.05) is 93.2 Å². The Balaban J connectivity index is 0.924. The predicted molar refractivity (Wildman–Crippen MR) is 180 cm³/mol. The fraction of sp³-hybridized carbons (Fsp3) is 0.529. The number of benzene rings is 1. The lowest BCUT2D eigenvalue weighted by atomic mass is 10.1. The molecule has 0 unspecified atom stereocenters. The zero-order chi connectivity index (χ0) is 33.2. The van der Waals surface area contributed by atoms with Crippen LogP contribution in [0.2, 0.25) is 0 Å². The second-order valence-corrected chi connectivity index (χ2v) is 13.1. The summed E-state index contributed by atoms with van der Waals surface area (Å²) in [6, 6.07) is 11.5. The summed E-state index contributed by atoms with van der Waals surface area (Å²) in [6.45, 7) is 10.7. The lowest BCUT2D eigenvalue weighted by molar-refractivity contribution is -0.135. The van der Waals surface area contributed by atoms with Gasteiger partial charge in [0.2, 0.25) is 11.9 Å². The monoisotopic (exact) mass is 654 g/mol. The van der Waals surface area contributed by atoms with Crippen molar-refractivity contribution in [3.8, 4) is 6.07 Å². The Morgan fingerprint density at radius 3 is 2.50 bits per heavy atom. The topological polar surface area (TPSA) is 146 Å². The zero-order valence-electron chi connectivity index (χ0n) is 27.3. The summed E-state index contributed by atoms with van der Waals surface area (Å²) in [5, 5.41) is 20.0. The van der Waals surface area contributed by atoms with E-state index in [0.717, 1.165) is 74.6 Å². The van der Waals surface area contributed by atoms with Crippen molar-refractivity contribution in [1.29, 1.82) is 5.26 Å². The van der Waals surface area contributed by atoms with E-state index in [1.54, 1.807) is 17.3 Å². The molecule has 252 valence electrons. The van der Waals surface area contributed by atoms with Gasteiger partial charge in [0.05, 0.1) is 23.3 Å². The van der Waals surface area contributed by atoms with E-state index in [4.69, 9.17) is 9.72 Å². The van der Waals surface area contributed by atoms with Crippen LogP contribution in [0.1, 0.15) is 25.3 Å². The second-order valence-electron chi connectivity index (χ2n) is 13.1. The molecule has 7 rings (SSSR count). The molecule has 14 heteroatoms. The van der Waals surface area contributed by atoms with Crippen molar-refractivity contribution in [2.45, 2.75) is 38.0 Å². The molecule has 4 aliphatic heterocycles. The van der Waals surface area contributed by atoms with Crippen LogP contribution in [0.15, 0.2) is 42.7 Å². The van der Waals surface area contributed by atoms with E-state index in [0.29, 0.717) is 50.7 Å². The van der Waals surface area contributed by atoms with Crippen molar-refractivity contribution in [3.05, 3.63) is 48.3 Å². The summed E-state index contributed by atoms with van der Waals surface area (Å²) in [5.74, 6) is 1.46. The predicted octanol–water partition coefficient (Wildman–Crippen LogP) is 2.10. The first kappa shape index (κ1) is 31.8. The van der Waals surface area contributed by atoms with Crippen molar-refractivity contribution < 1.29 is 19.4 Å². The Morgan fingerprint density at radius 1 is 0.938 bits per heavy atom. The van der Waals surface area contributed by atoms with Gasteiger partial charge in [-0.1, -0.05) is 0 Å². The number of hydrogen-bond donors (Lipinski definition) is 1. The van der Waals surface area contributed by atoms with E-state index in [-0.39, 0.29) is 18.1 Å². The van der Waals surface area contributed by atoms with Crippen LogP contribution in [-0.4, -0.2) is 144 Å². The number of carbonyl (C=O) groups excluding carboxylic acids is 1. The highest BCUT2D eigenvalue weighted by molar-refractivity contribution is 5.95. The molecule has 4 fully saturated rings. The van der Waals surface area contributed by atoms with E-state index in [1.807, 2.05) is 30.3 Å². The van der Waals surface area contributed by atoms with Gasteiger partial charge >= 0.3 is 6.09 Å². The minimum absolute atomic E-state index is 0.0553. The molecule has 0 aliphatic carbocycles. The number of hydrogen-bond acceptors (Lipinski definition) is 11. The number of amides is 2. The quantitative estimate of drug-likeness (QED) is 0.416. The van der Waals surface area contributed by atoms with Crippen LogP contribution in [0.5, 0.6) is 0 Å². The molecule has 1 aromatic carbocycles. The first-order valence-corrected chi connectivity index (χ1v) is 16.9. The Bertz CT molecular complexity index is 1680. The van der Waals surface area contributed by atoms with Gasteiger partial charge in [-0.2, -0.15) is 10.2 Å². The third-order valence-electron chi connectivity index (χ3n) is 9.98. The molecule has 3 aromatic rings. The molecule has 6 heterocycles. The first-order chi connectivity index (χ1) is 23.4. The smallest absolute Gasteiger partial charge is 0.407 e. The van der Waals surface area contributed by atoms with Gasteiger partial charge in [-0.05, 0) is 50.1 Å². The molecule has 2 amide bonds. The highest BCUT2D eigenvalue weighted by Gasteiger charge is 2.38. The van der Waals surface area contributed by atoms with E-state index in [1.165, 1.54) is 4.90 Å². The molecule has 0 saturated carbocycles. The van der Waals surface area contributed by atoms with E-state index in [9.17, 15) is 20.0 Å². The zero-order valence-corrected chi connectivity index (χ0v) is 27.3. The Kier molecular flexibility index (Phi) is 9.14. The van der Waals surface area contributed by atoms with Gasteiger partial charge in [-0.15, -0.1) is 0 Å². The van der Waals surface area contributed by atoms with Gasteiger partial charge in [-0.25, -0.2) is 9.78 Å². The summed E-state index contributed by atoms with van der Waals surface area (Å²) in [6.07, 6.45) is 3.96. The molecule has 48 heavy (non-hydrogen) atoms. The summed E-state index contributed by atoms with van der Waals surface area (Å²) >= 11 is 0. The van der Waals surface area contributed by atoms with Crippen LogP contribution in [0, 0.1) is 11.3 Å². The van der Waals surface area contributed by atoms with E-state index >= 15 is 0 Å². The number of carboxylic acid groups (broad SMARTS) is 1.